The van der Waals surface area contributed by atoms with Crippen molar-refractivity contribution in [3.05, 3.63) is 77.7 Å². The van der Waals surface area contributed by atoms with E-state index in [2.05, 4.69) is 18.3 Å². The fraction of sp³-hybridized carbons (Fsp3) is 0.444. The first-order chi connectivity index (χ1) is 21.7. The molecule has 0 bridgehead atoms. The average molecular weight is 616 g/mol. The number of rotatable bonds is 9. The summed E-state index contributed by atoms with van der Waals surface area (Å²) in [6.07, 6.45) is 6.14. The lowest BCUT2D eigenvalue weighted by molar-refractivity contribution is -0.0366. The zero-order chi connectivity index (χ0) is 31.6. The van der Waals surface area contributed by atoms with Gasteiger partial charge in [-0.3, -0.25) is 0 Å². The second-order valence-corrected chi connectivity index (χ2v) is 12.9. The van der Waals surface area contributed by atoms with Crippen LogP contribution in [0.15, 0.2) is 60.8 Å². The average Bonchev–Trinajstić information content (AvgIpc) is 3.43. The van der Waals surface area contributed by atoms with Crippen molar-refractivity contribution in [1.29, 1.82) is 0 Å². The van der Waals surface area contributed by atoms with Crippen molar-refractivity contribution in [2.75, 3.05) is 6.61 Å². The number of alkyl carbamates (subject to hydrolysis) is 1. The van der Waals surface area contributed by atoms with Crippen molar-refractivity contribution in [1.82, 2.24) is 15.1 Å². The summed E-state index contributed by atoms with van der Waals surface area (Å²) in [6, 6.07) is 17.1. The summed E-state index contributed by atoms with van der Waals surface area (Å²) < 4.78 is 41.4. The molecule has 8 nitrogen and oxygen atoms in total. The molecule has 1 aliphatic carbocycles. The van der Waals surface area contributed by atoms with E-state index in [4.69, 9.17) is 24.0 Å². The van der Waals surface area contributed by atoms with Crippen LogP contribution in [0.4, 0.5) is 9.18 Å². The second-order valence-electron chi connectivity index (χ2n) is 12.9. The van der Waals surface area contributed by atoms with Gasteiger partial charge in [0, 0.05) is 25.5 Å². The number of nitrogens with one attached hydrogen (secondary N) is 1. The molecule has 238 valence electrons. The number of aryl methyl sites for hydroxylation is 1. The Morgan fingerprint density at radius 1 is 1.09 bits per heavy atom. The fourth-order valence-corrected chi connectivity index (χ4v) is 5.95. The van der Waals surface area contributed by atoms with E-state index in [1.807, 2.05) is 68.0 Å². The molecule has 45 heavy (non-hydrogen) atoms. The van der Waals surface area contributed by atoms with Gasteiger partial charge in [0.25, 0.3) is 0 Å². The third kappa shape index (κ3) is 7.25. The maximum atomic E-state index is 15.6. The van der Waals surface area contributed by atoms with E-state index in [0.717, 1.165) is 52.4 Å². The number of benzene rings is 3. The maximum Gasteiger partial charge on any atom is 0.407 e. The van der Waals surface area contributed by atoms with Gasteiger partial charge in [0.1, 0.15) is 24.1 Å². The van der Waals surface area contributed by atoms with Gasteiger partial charge in [-0.2, -0.15) is 5.10 Å². The zero-order valence-corrected chi connectivity index (χ0v) is 26.5. The Balaban J connectivity index is 1.29. The standard InChI is InChI=1S/C36H42FN3O5/c1-5-24-16-33(43-22-23-11-7-6-8-12-23)30(37)20-28(24)25-15-31-29(21-38-40(31)34-13-9-10-14-42-34)32(17-25)44-27-18-26(19-27)39-35(41)45-36(2,3)4/h6-8,11-12,15-17,20-21,26-27,34H,5,9-10,13-14,18-19,22H2,1-4H3,(H,39,41)/t26-,27-,34?. The molecular weight excluding hydrogens is 573 g/mol. The highest BCUT2D eigenvalue weighted by atomic mass is 19.1. The van der Waals surface area contributed by atoms with Crippen molar-refractivity contribution < 1.29 is 28.1 Å². The summed E-state index contributed by atoms with van der Waals surface area (Å²) in [5, 5.41) is 8.53. The normalized spacial score (nSPS) is 20.0. The van der Waals surface area contributed by atoms with Crippen LogP contribution in [0.3, 0.4) is 0 Å². The molecule has 1 N–H and O–H groups in total. The minimum atomic E-state index is -0.555. The Labute approximate surface area is 263 Å². The Morgan fingerprint density at radius 2 is 1.89 bits per heavy atom. The summed E-state index contributed by atoms with van der Waals surface area (Å²) in [7, 11) is 0. The largest absolute Gasteiger partial charge is 0.489 e. The molecular formula is C36H42FN3O5. The molecule has 1 aromatic heterocycles. The lowest BCUT2D eigenvalue weighted by Crippen LogP contribution is -2.50. The summed E-state index contributed by atoms with van der Waals surface area (Å²) in [4.78, 5) is 12.2. The van der Waals surface area contributed by atoms with Crippen LogP contribution < -0.4 is 14.8 Å². The molecule has 1 amide bonds. The number of hydrogen-bond donors (Lipinski definition) is 1. The van der Waals surface area contributed by atoms with E-state index in [-0.39, 0.29) is 30.7 Å². The Hall–Kier alpha value is -4.11. The molecule has 9 heteroatoms. The van der Waals surface area contributed by atoms with Gasteiger partial charge < -0.3 is 24.3 Å². The van der Waals surface area contributed by atoms with E-state index in [0.29, 0.717) is 31.6 Å². The molecule has 1 saturated heterocycles. The summed E-state index contributed by atoms with van der Waals surface area (Å²) >= 11 is 0. The van der Waals surface area contributed by atoms with Crippen LogP contribution >= 0.6 is 0 Å². The molecule has 1 atom stereocenters. The Morgan fingerprint density at radius 3 is 2.60 bits per heavy atom. The molecule has 0 spiro atoms. The highest BCUT2D eigenvalue weighted by molar-refractivity contribution is 5.91. The summed E-state index contributed by atoms with van der Waals surface area (Å²) in [5.74, 6) is 0.493. The molecule has 4 aromatic rings. The smallest absolute Gasteiger partial charge is 0.407 e. The zero-order valence-electron chi connectivity index (χ0n) is 26.5. The minimum absolute atomic E-state index is 0.0221. The lowest BCUT2D eigenvalue weighted by atomic mass is 9.89. The van der Waals surface area contributed by atoms with Crippen LogP contribution in [0.2, 0.25) is 0 Å². The van der Waals surface area contributed by atoms with Crippen molar-refractivity contribution in [3.63, 3.8) is 0 Å². The molecule has 1 unspecified atom stereocenters. The number of carbonyl (C=O) groups excluding carboxylic acids is 1. The van der Waals surface area contributed by atoms with Crippen LogP contribution in [0.1, 0.15) is 77.2 Å². The number of aromatic nitrogens is 2. The van der Waals surface area contributed by atoms with Crippen LogP contribution in [0.25, 0.3) is 22.0 Å². The predicted molar refractivity (Wildman–Crippen MR) is 171 cm³/mol. The molecule has 6 rings (SSSR count). The van der Waals surface area contributed by atoms with Crippen LogP contribution in [0, 0.1) is 5.82 Å². The third-order valence-corrected chi connectivity index (χ3v) is 8.30. The van der Waals surface area contributed by atoms with Gasteiger partial charge in [-0.25, -0.2) is 13.9 Å². The van der Waals surface area contributed by atoms with Gasteiger partial charge in [-0.1, -0.05) is 37.3 Å². The lowest BCUT2D eigenvalue weighted by Gasteiger charge is -2.36. The highest BCUT2D eigenvalue weighted by Gasteiger charge is 2.34. The van der Waals surface area contributed by atoms with Crippen LogP contribution in [-0.2, 0) is 22.5 Å². The van der Waals surface area contributed by atoms with Crippen molar-refractivity contribution in [3.8, 4) is 22.6 Å². The number of hydrogen-bond acceptors (Lipinski definition) is 6. The molecule has 3 aromatic carbocycles. The fourth-order valence-electron chi connectivity index (χ4n) is 5.95. The molecule has 2 heterocycles. The van der Waals surface area contributed by atoms with Gasteiger partial charge in [0.05, 0.1) is 17.1 Å². The minimum Gasteiger partial charge on any atom is -0.489 e. The molecule has 1 saturated carbocycles. The van der Waals surface area contributed by atoms with Crippen LogP contribution in [-0.4, -0.2) is 40.2 Å². The summed E-state index contributed by atoms with van der Waals surface area (Å²) in [5.41, 5.74) is 3.89. The summed E-state index contributed by atoms with van der Waals surface area (Å²) in [6.45, 7) is 8.57. The topological polar surface area (TPSA) is 83.8 Å². The molecule has 0 radical (unpaired) electrons. The number of amides is 1. The highest BCUT2D eigenvalue weighted by Crippen LogP contribution is 2.40. The third-order valence-electron chi connectivity index (χ3n) is 8.30. The molecule has 1 aliphatic heterocycles. The van der Waals surface area contributed by atoms with Crippen molar-refractivity contribution >= 4 is 17.0 Å². The first kappa shape index (κ1) is 30.9. The van der Waals surface area contributed by atoms with Gasteiger partial charge in [0.2, 0.25) is 0 Å². The maximum absolute atomic E-state index is 15.6. The Bertz CT molecular complexity index is 1640. The monoisotopic (exact) mass is 615 g/mol. The number of fused-ring (bicyclic) bond motifs is 1. The van der Waals surface area contributed by atoms with E-state index in [9.17, 15) is 4.79 Å². The second kappa shape index (κ2) is 13.1. The van der Waals surface area contributed by atoms with Gasteiger partial charge in [0.15, 0.2) is 17.8 Å². The van der Waals surface area contributed by atoms with E-state index >= 15 is 4.39 Å². The van der Waals surface area contributed by atoms with Gasteiger partial charge in [-0.05, 0) is 93.0 Å². The first-order valence-corrected chi connectivity index (χ1v) is 16.0. The van der Waals surface area contributed by atoms with Crippen molar-refractivity contribution in [2.45, 2.75) is 96.8 Å². The number of nitrogens with zero attached hydrogens (tertiary/aromatic N) is 2. The van der Waals surface area contributed by atoms with E-state index in [1.165, 1.54) is 0 Å². The Kier molecular flexibility index (Phi) is 8.99. The number of halogens is 1. The molecule has 2 aliphatic rings. The first-order valence-electron chi connectivity index (χ1n) is 16.0. The van der Waals surface area contributed by atoms with E-state index < -0.39 is 17.5 Å². The predicted octanol–water partition coefficient (Wildman–Crippen LogP) is 8.12. The number of carbonyl (C=O) groups is 1. The SMILES string of the molecule is CCc1cc(OCc2ccccc2)c(F)cc1-c1cc(O[C@H]2C[C@H](NC(=O)OC(C)(C)C)C2)c2cnn(C3CCCCO3)c2c1. The van der Waals surface area contributed by atoms with Crippen LogP contribution in [0.5, 0.6) is 11.5 Å². The number of ether oxygens (including phenoxy) is 4. The van der Waals surface area contributed by atoms with E-state index in [1.54, 1.807) is 12.1 Å². The molecule has 2 fully saturated rings. The van der Waals surface area contributed by atoms with Crippen molar-refractivity contribution in [2.24, 2.45) is 0 Å². The quantitative estimate of drug-likeness (QED) is 0.205. The van der Waals surface area contributed by atoms with Gasteiger partial charge in [-0.15, -0.1) is 0 Å². The van der Waals surface area contributed by atoms with Gasteiger partial charge >= 0.3 is 6.09 Å².